The van der Waals surface area contributed by atoms with Crippen LogP contribution in [0.15, 0.2) is 18.3 Å². The summed E-state index contributed by atoms with van der Waals surface area (Å²) in [5.41, 5.74) is 1.07. The van der Waals surface area contributed by atoms with Crippen LogP contribution in [0.3, 0.4) is 0 Å². The predicted molar refractivity (Wildman–Crippen MR) is 77.7 cm³/mol. The monoisotopic (exact) mass is 275 g/mol. The van der Waals surface area contributed by atoms with Crippen molar-refractivity contribution in [1.29, 1.82) is 0 Å². The number of aryl methyl sites for hydroxylation is 1. The average molecular weight is 275 g/mol. The lowest BCUT2D eigenvalue weighted by molar-refractivity contribution is 0.0820. The minimum Gasteiger partial charge on any atom is -0.377 e. The first kappa shape index (κ1) is 13.2. The summed E-state index contributed by atoms with van der Waals surface area (Å²) in [6.45, 7) is 4.75. The van der Waals surface area contributed by atoms with Gasteiger partial charge in [-0.15, -0.1) is 10.2 Å². The second-order valence-electron chi connectivity index (χ2n) is 5.37. The smallest absolute Gasteiger partial charge is 0.227 e. The van der Waals surface area contributed by atoms with Crippen LogP contribution in [0, 0.1) is 0 Å². The van der Waals surface area contributed by atoms with Crippen molar-refractivity contribution in [3.8, 4) is 11.5 Å². The van der Waals surface area contributed by atoms with Crippen molar-refractivity contribution >= 4 is 5.95 Å². The van der Waals surface area contributed by atoms with E-state index >= 15 is 0 Å². The lowest BCUT2D eigenvalue weighted by Crippen LogP contribution is -2.32. The highest BCUT2D eigenvalue weighted by molar-refractivity contribution is 5.54. The molecule has 6 nitrogen and oxygen atoms in total. The summed E-state index contributed by atoms with van der Waals surface area (Å²) >= 11 is 0. The van der Waals surface area contributed by atoms with Gasteiger partial charge in [0.25, 0.3) is 0 Å². The molecule has 0 amide bonds. The van der Waals surface area contributed by atoms with Gasteiger partial charge in [-0.05, 0) is 25.5 Å². The maximum absolute atomic E-state index is 5.69. The molecule has 0 spiro atoms. The summed E-state index contributed by atoms with van der Waals surface area (Å²) < 4.78 is 9.81. The van der Waals surface area contributed by atoms with Crippen molar-refractivity contribution in [2.24, 2.45) is 14.1 Å². The molecular formula is C14H21N5O. The molecule has 0 N–H and O–H groups in total. The van der Waals surface area contributed by atoms with E-state index in [9.17, 15) is 0 Å². The van der Waals surface area contributed by atoms with E-state index in [1.807, 2.05) is 26.4 Å². The molecule has 20 heavy (non-hydrogen) atoms. The van der Waals surface area contributed by atoms with Crippen LogP contribution in [0.25, 0.3) is 11.5 Å². The number of ether oxygens (including phenoxy) is 1. The number of hydrogen-bond donors (Lipinski definition) is 0. The van der Waals surface area contributed by atoms with Gasteiger partial charge in [-0.2, -0.15) is 0 Å². The second kappa shape index (κ2) is 5.28. The van der Waals surface area contributed by atoms with Gasteiger partial charge in [0, 0.05) is 40.0 Å². The number of hydrogen-bond acceptors (Lipinski definition) is 4. The minimum absolute atomic E-state index is 0.229. The fourth-order valence-electron chi connectivity index (χ4n) is 2.69. The molecular weight excluding hydrogens is 254 g/mol. The third-order valence-electron chi connectivity index (χ3n) is 3.76. The van der Waals surface area contributed by atoms with Gasteiger partial charge in [-0.25, -0.2) is 0 Å². The summed E-state index contributed by atoms with van der Waals surface area (Å²) in [5.74, 6) is 1.81. The topological polar surface area (TPSA) is 48.1 Å². The van der Waals surface area contributed by atoms with Crippen LogP contribution in [-0.2, 0) is 18.8 Å². The summed E-state index contributed by atoms with van der Waals surface area (Å²) in [6, 6.07) is 4.08. The van der Waals surface area contributed by atoms with Crippen LogP contribution < -0.4 is 4.90 Å². The van der Waals surface area contributed by atoms with E-state index < -0.39 is 0 Å². The van der Waals surface area contributed by atoms with Crippen molar-refractivity contribution in [1.82, 2.24) is 19.3 Å². The largest absolute Gasteiger partial charge is 0.377 e. The zero-order valence-electron chi connectivity index (χ0n) is 12.3. The molecule has 1 atom stereocenters. The first-order chi connectivity index (χ1) is 9.66. The molecule has 1 saturated heterocycles. The zero-order valence-corrected chi connectivity index (χ0v) is 12.3. The van der Waals surface area contributed by atoms with Crippen molar-refractivity contribution in [2.45, 2.75) is 19.4 Å². The first-order valence-electron chi connectivity index (χ1n) is 7.04. The van der Waals surface area contributed by atoms with Gasteiger partial charge in [-0.1, -0.05) is 0 Å². The SMILES string of the molecule is CC1CN(c2nnc(-c3cccn3C)n2C)CCCO1. The van der Waals surface area contributed by atoms with Gasteiger partial charge in [0.1, 0.15) is 0 Å². The van der Waals surface area contributed by atoms with Crippen molar-refractivity contribution in [3.63, 3.8) is 0 Å². The van der Waals surface area contributed by atoms with Crippen LogP contribution >= 0.6 is 0 Å². The molecule has 0 aromatic carbocycles. The normalized spacial score (nSPS) is 20.1. The Morgan fingerprint density at radius 3 is 2.90 bits per heavy atom. The Morgan fingerprint density at radius 2 is 2.15 bits per heavy atom. The fourth-order valence-corrected chi connectivity index (χ4v) is 2.69. The molecule has 6 heteroatoms. The number of aromatic nitrogens is 4. The van der Waals surface area contributed by atoms with Gasteiger partial charge in [0.05, 0.1) is 11.8 Å². The Kier molecular flexibility index (Phi) is 3.48. The van der Waals surface area contributed by atoms with Gasteiger partial charge >= 0.3 is 0 Å². The average Bonchev–Trinajstić information content (AvgIpc) is 2.92. The van der Waals surface area contributed by atoms with E-state index in [4.69, 9.17) is 4.74 Å². The highest BCUT2D eigenvalue weighted by atomic mass is 16.5. The molecule has 3 heterocycles. The molecule has 3 rings (SSSR count). The maximum atomic E-state index is 5.69. The summed E-state index contributed by atoms with van der Waals surface area (Å²) in [6.07, 6.45) is 3.27. The first-order valence-corrected chi connectivity index (χ1v) is 7.04. The molecule has 2 aromatic heterocycles. The molecule has 0 aliphatic carbocycles. The number of nitrogens with zero attached hydrogens (tertiary/aromatic N) is 5. The third kappa shape index (κ3) is 2.31. The Balaban J connectivity index is 1.92. The van der Waals surface area contributed by atoms with Crippen LogP contribution in [0.4, 0.5) is 5.95 Å². The van der Waals surface area contributed by atoms with Crippen LogP contribution in [0.5, 0.6) is 0 Å². The molecule has 2 aromatic rings. The quantitative estimate of drug-likeness (QED) is 0.832. The molecule has 1 aliphatic heterocycles. The molecule has 1 unspecified atom stereocenters. The highest BCUT2D eigenvalue weighted by Gasteiger charge is 2.21. The Labute approximate surface area is 119 Å². The van der Waals surface area contributed by atoms with Crippen LogP contribution in [0.2, 0.25) is 0 Å². The maximum Gasteiger partial charge on any atom is 0.227 e. The minimum atomic E-state index is 0.229. The van der Waals surface area contributed by atoms with E-state index in [-0.39, 0.29) is 6.10 Å². The third-order valence-corrected chi connectivity index (χ3v) is 3.76. The fraction of sp³-hybridized carbons (Fsp3) is 0.571. The van der Waals surface area contributed by atoms with Gasteiger partial charge in [0.2, 0.25) is 5.95 Å². The summed E-state index contributed by atoms with van der Waals surface area (Å²) in [4.78, 5) is 2.26. The Morgan fingerprint density at radius 1 is 1.30 bits per heavy atom. The summed E-state index contributed by atoms with van der Waals surface area (Å²) in [7, 11) is 4.04. The van der Waals surface area contributed by atoms with E-state index in [0.29, 0.717) is 0 Å². The standard InChI is InChI=1S/C14H21N5O/c1-11-10-19(8-5-9-20-11)14-16-15-13(18(14)3)12-6-4-7-17(12)2/h4,6-7,11H,5,8-10H2,1-3H3. The van der Waals surface area contributed by atoms with Crippen LogP contribution in [0.1, 0.15) is 13.3 Å². The molecule has 1 aliphatic rings. The van der Waals surface area contributed by atoms with Crippen molar-refractivity contribution < 1.29 is 4.74 Å². The van der Waals surface area contributed by atoms with Crippen molar-refractivity contribution in [3.05, 3.63) is 18.3 Å². The highest BCUT2D eigenvalue weighted by Crippen LogP contribution is 2.22. The zero-order chi connectivity index (χ0) is 14.1. The van der Waals surface area contributed by atoms with E-state index in [1.165, 1.54) is 0 Å². The van der Waals surface area contributed by atoms with Crippen molar-refractivity contribution in [2.75, 3.05) is 24.6 Å². The lowest BCUT2D eigenvalue weighted by Gasteiger charge is -2.22. The predicted octanol–water partition coefficient (Wildman–Crippen LogP) is 1.44. The Bertz CT molecular complexity index is 588. The molecule has 1 fully saturated rings. The number of rotatable bonds is 2. The lowest BCUT2D eigenvalue weighted by atomic mass is 10.3. The molecule has 0 bridgehead atoms. The molecule has 0 radical (unpaired) electrons. The van der Waals surface area contributed by atoms with Gasteiger partial charge in [-0.3, -0.25) is 4.57 Å². The van der Waals surface area contributed by atoms with Gasteiger partial charge in [0.15, 0.2) is 5.82 Å². The summed E-state index contributed by atoms with van der Waals surface area (Å²) in [5, 5.41) is 8.74. The van der Waals surface area contributed by atoms with E-state index in [0.717, 1.165) is 43.6 Å². The molecule has 0 saturated carbocycles. The Hall–Kier alpha value is -1.82. The number of anilines is 1. The van der Waals surface area contributed by atoms with E-state index in [1.54, 1.807) is 0 Å². The second-order valence-corrected chi connectivity index (χ2v) is 5.37. The van der Waals surface area contributed by atoms with Crippen LogP contribution in [-0.4, -0.2) is 45.1 Å². The van der Waals surface area contributed by atoms with Gasteiger partial charge < -0.3 is 14.2 Å². The molecule has 108 valence electrons. The van der Waals surface area contributed by atoms with E-state index in [2.05, 4.69) is 37.2 Å².